The number of rotatable bonds is 6. The maximum Gasteiger partial charge on any atom is 0.322 e. The van der Waals surface area contributed by atoms with Crippen molar-refractivity contribution in [2.75, 3.05) is 19.2 Å². The zero-order valence-corrected chi connectivity index (χ0v) is 18.5. The molecule has 5 rings (SSSR count). The molecule has 172 valence electrons. The zero-order chi connectivity index (χ0) is 23.5. The van der Waals surface area contributed by atoms with Crippen LogP contribution in [0.1, 0.15) is 11.1 Å². The van der Waals surface area contributed by atoms with E-state index in [4.69, 9.17) is 14.2 Å². The number of H-pyrrole nitrogens is 1. The highest BCUT2D eigenvalue weighted by Crippen LogP contribution is 2.35. The van der Waals surface area contributed by atoms with E-state index in [9.17, 15) is 9.59 Å². The Balaban J connectivity index is 1.45. The zero-order valence-electron chi connectivity index (χ0n) is 18.5. The lowest BCUT2D eigenvalue weighted by Gasteiger charge is -2.23. The van der Waals surface area contributed by atoms with Crippen LogP contribution in [0.4, 0.5) is 10.5 Å². The molecule has 0 aliphatic carbocycles. The molecule has 3 aromatic carbocycles. The Hall–Kier alpha value is -4.46. The molecule has 1 aromatic heterocycles. The first-order valence-electron chi connectivity index (χ1n) is 10.8. The molecule has 0 unspecified atom stereocenters. The first-order chi connectivity index (χ1) is 16.6. The second-order valence-electron chi connectivity index (χ2n) is 7.92. The van der Waals surface area contributed by atoms with Crippen molar-refractivity contribution in [2.24, 2.45) is 0 Å². The number of ether oxygens (including phenoxy) is 3. The molecule has 0 fully saturated rings. The number of hydrogen-bond acceptors (Lipinski definition) is 5. The van der Waals surface area contributed by atoms with E-state index in [0.29, 0.717) is 34.8 Å². The van der Waals surface area contributed by atoms with E-state index in [1.807, 2.05) is 60.7 Å². The summed E-state index contributed by atoms with van der Waals surface area (Å²) in [4.78, 5) is 30.6. The molecule has 0 radical (unpaired) electrons. The number of urea groups is 1. The second kappa shape index (κ2) is 9.19. The fraction of sp³-hybridized carbons (Fsp3) is 0.154. The van der Waals surface area contributed by atoms with Gasteiger partial charge in [0.15, 0.2) is 11.5 Å². The van der Waals surface area contributed by atoms with Gasteiger partial charge in [-0.15, -0.1) is 0 Å². The van der Waals surface area contributed by atoms with Gasteiger partial charge in [0, 0.05) is 29.2 Å². The van der Waals surface area contributed by atoms with Crippen molar-refractivity contribution in [3.8, 4) is 17.2 Å². The van der Waals surface area contributed by atoms with Gasteiger partial charge < -0.3 is 29.4 Å². The first-order valence-corrected chi connectivity index (χ1v) is 10.8. The van der Waals surface area contributed by atoms with E-state index >= 15 is 0 Å². The molecular weight excluding hydrogens is 434 g/mol. The average molecular weight is 457 g/mol. The lowest BCUT2D eigenvalue weighted by Crippen LogP contribution is -2.35. The summed E-state index contributed by atoms with van der Waals surface area (Å²) < 4.78 is 16.1. The van der Waals surface area contributed by atoms with E-state index < -0.39 is 0 Å². The van der Waals surface area contributed by atoms with Crippen LogP contribution in [0.15, 0.2) is 77.6 Å². The average Bonchev–Trinajstić information content (AvgIpc) is 3.31. The van der Waals surface area contributed by atoms with E-state index in [1.54, 1.807) is 24.1 Å². The van der Waals surface area contributed by atoms with Crippen LogP contribution in [-0.4, -0.2) is 29.8 Å². The molecule has 0 saturated heterocycles. The summed E-state index contributed by atoms with van der Waals surface area (Å²) in [6.45, 7) is 0.573. The second-order valence-corrected chi connectivity index (χ2v) is 7.92. The number of aromatic nitrogens is 1. The van der Waals surface area contributed by atoms with Crippen molar-refractivity contribution < 1.29 is 19.0 Å². The summed E-state index contributed by atoms with van der Waals surface area (Å²) >= 11 is 0. The summed E-state index contributed by atoms with van der Waals surface area (Å²) in [5, 5.41) is 3.71. The van der Waals surface area contributed by atoms with Gasteiger partial charge in [0.1, 0.15) is 5.75 Å². The number of fused-ring (bicyclic) bond motifs is 2. The molecule has 0 spiro atoms. The van der Waals surface area contributed by atoms with Crippen LogP contribution in [0.25, 0.3) is 10.9 Å². The lowest BCUT2D eigenvalue weighted by molar-refractivity contribution is 0.174. The molecule has 8 heteroatoms. The third kappa shape index (κ3) is 4.52. The monoisotopic (exact) mass is 457 g/mol. The van der Waals surface area contributed by atoms with Gasteiger partial charge in [-0.3, -0.25) is 4.79 Å². The number of amides is 2. The lowest BCUT2D eigenvalue weighted by atomic mass is 10.1. The number of methoxy groups -OCH3 is 1. The van der Waals surface area contributed by atoms with Crippen LogP contribution in [0, 0.1) is 0 Å². The van der Waals surface area contributed by atoms with Gasteiger partial charge in [-0.05, 0) is 42.0 Å². The van der Waals surface area contributed by atoms with Crippen molar-refractivity contribution in [1.82, 2.24) is 9.88 Å². The SMILES string of the molecule is COc1ccc(CN(Cc2cc3cc4c(cc3[nH]c2=O)OCO4)C(=O)Nc2ccccc2)cc1. The summed E-state index contributed by atoms with van der Waals surface area (Å²) in [7, 11) is 1.60. The maximum atomic E-state index is 13.2. The van der Waals surface area contributed by atoms with Crippen molar-refractivity contribution in [2.45, 2.75) is 13.1 Å². The van der Waals surface area contributed by atoms with Gasteiger partial charge in [0.05, 0.1) is 19.2 Å². The van der Waals surface area contributed by atoms with Gasteiger partial charge in [-0.1, -0.05) is 30.3 Å². The van der Waals surface area contributed by atoms with E-state index in [1.165, 1.54) is 0 Å². The minimum absolute atomic E-state index is 0.115. The Morgan fingerprint density at radius 2 is 1.74 bits per heavy atom. The number of aromatic amines is 1. The van der Waals surface area contributed by atoms with Crippen LogP contribution in [0.3, 0.4) is 0 Å². The van der Waals surface area contributed by atoms with Gasteiger partial charge in [0.2, 0.25) is 6.79 Å². The molecule has 8 nitrogen and oxygen atoms in total. The molecule has 34 heavy (non-hydrogen) atoms. The predicted octanol–water partition coefficient (Wildman–Crippen LogP) is 4.50. The van der Waals surface area contributed by atoms with Gasteiger partial charge >= 0.3 is 6.03 Å². The Bertz CT molecular complexity index is 1380. The third-order valence-electron chi connectivity index (χ3n) is 5.62. The standard InChI is InChI=1S/C26H23N3O5/c1-32-21-9-7-17(8-10-21)14-29(26(31)27-20-5-3-2-4-6-20)15-19-11-18-12-23-24(34-16-33-23)13-22(18)28-25(19)30/h2-13H,14-16H2,1H3,(H,27,31)(H,28,30). The minimum atomic E-state index is -0.313. The smallest absolute Gasteiger partial charge is 0.322 e. The number of carbonyl (C=O) groups is 1. The maximum absolute atomic E-state index is 13.2. The van der Waals surface area contributed by atoms with E-state index in [2.05, 4.69) is 10.3 Å². The number of para-hydroxylation sites is 1. The topological polar surface area (TPSA) is 92.9 Å². The molecule has 4 aromatic rings. The molecule has 0 bridgehead atoms. The van der Waals surface area contributed by atoms with Gasteiger partial charge in [0.25, 0.3) is 5.56 Å². The Labute approximate surface area is 195 Å². The summed E-state index contributed by atoms with van der Waals surface area (Å²) in [5.74, 6) is 1.95. The van der Waals surface area contributed by atoms with Crippen LogP contribution < -0.4 is 25.1 Å². The quantitative estimate of drug-likeness (QED) is 0.445. The summed E-state index contributed by atoms with van der Waals surface area (Å²) in [5.41, 5.74) is 2.42. The molecular formula is C26H23N3O5. The molecule has 0 saturated carbocycles. The fourth-order valence-corrected chi connectivity index (χ4v) is 3.84. The highest BCUT2D eigenvalue weighted by Gasteiger charge is 2.19. The van der Waals surface area contributed by atoms with Crippen LogP contribution in [0.5, 0.6) is 17.2 Å². The number of nitrogens with zero attached hydrogens (tertiary/aromatic N) is 1. The fourth-order valence-electron chi connectivity index (χ4n) is 3.84. The molecule has 1 aliphatic heterocycles. The first kappa shape index (κ1) is 21.4. The predicted molar refractivity (Wildman–Crippen MR) is 128 cm³/mol. The van der Waals surface area contributed by atoms with Crippen molar-refractivity contribution in [3.63, 3.8) is 0 Å². The largest absolute Gasteiger partial charge is 0.497 e. The highest BCUT2D eigenvalue weighted by atomic mass is 16.7. The van der Waals surface area contributed by atoms with Crippen molar-refractivity contribution in [1.29, 1.82) is 0 Å². The molecule has 0 atom stereocenters. The summed E-state index contributed by atoms with van der Waals surface area (Å²) in [6, 6.07) is 21.7. The Morgan fingerprint density at radius 3 is 2.47 bits per heavy atom. The van der Waals surface area contributed by atoms with Gasteiger partial charge in [-0.2, -0.15) is 0 Å². The van der Waals surface area contributed by atoms with Crippen LogP contribution >= 0.6 is 0 Å². The highest BCUT2D eigenvalue weighted by molar-refractivity contribution is 5.89. The van der Waals surface area contributed by atoms with E-state index in [-0.39, 0.29) is 24.9 Å². The number of carbonyl (C=O) groups excluding carboxylic acids is 1. The number of pyridine rings is 1. The normalized spacial score (nSPS) is 11.9. The molecule has 1 aliphatic rings. The van der Waals surface area contributed by atoms with Crippen molar-refractivity contribution in [3.05, 3.63) is 94.3 Å². The number of anilines is 1. The molecule has 2 amide bonds. The van der Waals surface area contributed by atoms with Crippen LogP contribution in [0.2, 0.25) is 0 Å². The molecule has 2 N–H and O–H groups in total. The number of hydrogen-bond donors (Lipinski definition) is 2. The molecule has 2 heterocycles. The number of nitrogens with one attached hydrogen (secondary N) is 2. The Morgan fingerprint density at radius 1 is 1.00 bits per heavy atom. The summed E-state index contributed by atoms with van der Waals surface area (Å²) in [6.07, 6.45) is 0. The third-order valence-corrected chi connectivity index (χ3v) is 5.62. The minimum Gasteiger partial charge on any atom is -0.497 e. The van der Waals surface area contributed by atoms with Crippen LogP contribution in [-0.2, 0) is 13.1 Å². The Kier molecular flexibility index (Phi) is 5.78. The number of benzene rings is 3. The van der Waals surface area contributed by atoms with Gasteiger partial charge in [-0.25, -0.2) is 4.79 Å². The van der Waals surface area contributed by atoms with E-state index in [0.717, 1.165) is 16.7 Å². The van der Waals surface area contributed by atoms with Crippen molar-refractivity contribution >= 4 is 22.6 Å².